The van der Waals surface area contributed by atoms with Gasteiger partial charge in [0.1, 0.15) is 11.2 Å². The van der Waals surface area contributed by atoms with Crippen molar-refractivity contribution >= 4 is 11.8 Å². The van der Waals surface area contributed by atoms with Crippen LogP contribution >= 0.6 is 0 Å². The van der Waals surface area contributed by atoms with Crippen LogP contribution in [0.2, 0.25) is 0 Å². The molecule has 0 aromatic carbocycles. The van der Waals surface area contributed by atoms with Crippen LogP contribution in [-0.4, -0.2) is 18.4 Å². The van der Waals surface area contributed by atoms with E-state index in [1.807, 2.05) is 0 Å². The molecule has 20 heavy (non-hydrogen) atoms. The van der Waals surface area contributed by atoms with Gasteiger partial charge in [-0.1, -0.05) is 32.1 Å². The summed E-state index contributed by atoms with van der Waals surface area (Å²) in [4.78, 5) is 23.1. The van der Waals surface area contributed by atoms with Crippen molar-refractivity contribution in [3.8, 4) is 11.8 Å². The van der Waals surface area contributed by atoms with E-state index in [4.69, 9.17) is 4.74 Å². The van der Waals surface area contributed by atoms with E-state index in [0.717, 1.165) is 12.8 Å². The Labute approximate surface area is 123 Å². The predicted octanol–water partition coefficient (Wildman–Crippen LogP) is 3.90. The Morgan fingerprint density at radius 2 is 1.85 bits per heavy atom. The summed E-state index contributed by atoms with van der Waals surface area (Å²) in [5, 5.41) is 0. The molecule has 0 radical (unpaired) electrons. The molecule has 0 N–H and O–H groups in total. The van der Waals surface area contributed by atoms with E-state index in [1.54, 1.807) is 13.8 Å². The van der Waals surface area contributed by atoms with Gasteiger partial charge in [0, 0.05) is 12.8 Å². The van der Waals surface area contributed by atoms with Gasteiger partial charge < -0.3 is 9.53 Å². The first-order valence-corrected chi connectivity index (χ1v) is 7.63. The largest absolute Gasteiger partial charge is 0.465 e. The third-order valence-corrected chi connectivity index (χ3v) is 3.22. The van der Waals surface area contributed by atoms with Gasteiger partial charge in [-0.3, -0.25) is 4.79 Å². The molecule has 0 aliphatic heterocycles. The summed E-state index contributed by atoms with van der Waals surface area (Å²) in [5.74, 6) is 5.88. The van der Waals surface area contributed by atoms with Crippen molar-refractivity contribution in [2.75, 3.05) is 6.61 Å². The van der Waals surface area contributed by atoms with E-state index in [9.17, 15) is 9.59 Å². The molecule has 0 saturated carbocycles. The standard InChI is InChI=1S/C17H28O3/c1-5-7-8-9-10-11-13-17(4,14-12-15(3)18)16(19)20-6-2/h5-10,12,14H2,1-4H3. The normalized spacial score (nSPS) is 13.0. The van der Waals surface area contributed by atoms with Gasteiger partial charge in [-0.2, -0.15) is 0 Å². The quantitative estimate of drug-likeness (QED) is 0.365. The number of ether oxygens (including phenoxy) is 1. The molecule has 1 unspecified atom stereocenters. The monoisotopic (exact) mass is 280 g/mol. The van der Waals surface area contributed by atoms with E-state index in [2.05, 4.69) is 18.8 Å². The predicted molar refractivity (Wildman–Crippen MR) is 81.2 cm³/mol. The van der Waals surface area contributed by atoms with E-state index in [1.165, 1.54) is 26.2 Å². The minimum Gasteiger partial charge on any atom is -0.465 e. The van der Waals surface area contributed by atoms with Crippen LogP contribution in [-0.2, 0) is 14.3 Å². The lowest BCUT2D eigenvalue weighted by Gasteiger charge is -2.20. The molecule has 0 heterocycles. The number of carbonyl (C=O) groups excluding carboxylic acids is 2. The van der Waals surface area contributed by atoms with Crippen LogP contribution in [0.25, 0.3) is 0 Å². The molecule has 0 rings (SSSR count). The number of hydrogen-bond acceptors (Lipinski definition) is 3. The van der Waals surface area contributed by atoms with Crippen LogP contribution in [0.4, 0.5) is 0 Å². The van der Waals surface area contributed by atoms with E-state index in [0.29, 0.717) is 19.4 Å². The van der Waals surface area contributed by atoms with Gasteiger partial charge >= 0.3 is 5.97 Å². The zero-order valence-electron chi connectivity index (χ0n) is 13.4. The number of Topliss-reactive ketones (excluding diaryl/α,β-unsaturated/α-hetero) is 1. The second kappa shape index (κ2) is 10.5. The molecule has 3 nitrogen and oxygen atoms in total. The fraction of sp³-hybridized carbons (Fsp3) is 0.765. The lowest BCUT2D eigenvalue weighted by atomic mass is 9.85. The first-order valence-electron chi connectivity index (χ1n) is 7.63. The molecule has 0 aliphatic carbocycles. The van der Waals surface area contributed by atoms with Gasteiger partial charge in [0.25, 0.3) is 0 Å². The van der Waals surface area contributed by atoms with Crippen molar-refractivity contribution < 1.29 is 14.3 Å². The summed E-state index contributed by atoms with van der Waals surface area (Å²) in [6.07, 6.45) is 6.26. The highest BCUT2D eigenvalue weighted by molar-refractivity contribution is 5.82. The van der Waals surface area contributed by atoms with Crippen molar-refractivity contribution in [3.63, 3.8) is 0 Å². The molecule has 0 fully saturated rings. The highest BCUT2D eigenvalue weighted by Crippen LogP contribution is 2.24. The van der Waals surface area contributed by atoms with Gasteiger partial charge in [0.15, 0.2) is 0 Å². The molecule has 0 aromatic heterocycles. The molecule has 114 valence electrons. The Hall–Kier alpha value is -1.30. The maximum absolute atomic E-state index is 12.0. The number of ketones is 1. The fourth-order valence-corrected chi connectivity index (χ4v) is 1.83. The summed E-state index contributed by atoms with van der Waals surface area (Å²) in [6, 6.07) is 0. The van der Waals surface area contributed by atoms with Crippen molar-refractivity contribution in [2.45, 2.75) is 72.6 Å². The van der Waals surface area contributed by atoms with Crippen LogP contribution < -0.4 is 0 Å². The van der Waals surface area contributed by atoms with E-state index >= 15 is 0 Å². The number of rotatable bonds is 9. The van der Waals surface area contributed by atoms with Crippen molar-refractivity contribution in [1.82, 2.24) is 0 Å². The Morgan fingerprint density at radius 1 is 1.15 bits per heavy atom. The summed E-state index contributed by atoms with van der Waals surface area (Å²) in [5.41, 5.74) is -0.855. The molecule has 0 aromatic rings. The topological polar surface area (TPSA) is 43.4 Å². The first-order chi connectivity index (χ1) is 9.46. The zero-order chi connectivity index (χ0) is 15.4. The van der Waals surface area contributed by atoms with Gasteiger partial charge in [-0.15, -0.1) is 5.92 Å². The SMILES string of the molecule is CCCCCCC#CC(C)(CCC(C)=O)C(=O)OCC. The van der Waals surface area contributed by atoms with Gasteiger partial charge in [0.05, 0.1) is 6.61 Å². The van der Waals surface area contributed by atoms with Crippen LogP contribution in [0, 0.1) is 17.3 Å². The minimum atomic E-state index is -0.855. The lowest BCUT2D eigenvalue weighted by molar-refractivity contribution is -0.151. The van der Waals surface area contributed by atoms with E-state index in [-0.39, 0.29) is 11.8 Å². The summed E-state index contributed by atoms with van der Waals surface area (Å²) in [6.45, 7) is 7.59. The number of carbonyl (C=O) groups is 2. The third kappa shape index (κ3) is 7.99. The Kier molecular flexibility index (Phi) is 9.80. The first kappa shape index (κ1) is 18.7. The lowest BCUT2D eigenvalue weighted by Crippen LogP contribution is -2.29. The zero-order valence-corrected chi connectivity index (χ0v) is 13.4. The molecule has 0 saturated heterocycles. The number of hydrogen-bond donors (Lipinski definition) is 0. The molecule has 0 aliphatic rings. The van der Waals surface area contributed by atoms with Gasteiger partial charge in [-0.05, 0) is 33.6 Å². The average molecular weight is 280 g/mol. The van der Waals surface area contributed by atoms with Crippen LogP contribution in [0.5, 0.6) is 0 Å². The van der Waals surface area contributed by atoms with Gasteiger partial charge in [-0.25, -0.2) is 0 Å². The second-order valence-corrected chi connectivity index (χ2v) is 5.37. The highest BCUT2D eigenvalue weighted by Gasteiger charge is 2.32. The van der Waals surface area contributed by atoms with Crippen LogP contribution in [0.1, 0.15) is 72.6 Å². The molecule has 3 heteroatoms. The molecular formula is C17H28O3. The van der Waals surface area contributed by atoms with Gasteiger partial charge in [0.2, 0.25) is 0 Å². The maximum Gasteiger partial charge on any atom is 0.323 e. The third-order valence-electron chi connectivity index (χ3n) is 3.22. The number of esters is 1. The van der Waals surface area contributed by atoms with Crippen molar-refractivity contribution in [2.24, 2.45) is 5.41 Å². The van der Waals surface area contributed by atoms with Crippen LogP contribution in [0.3, 0.4) is 0 Å². The summed E-state index contributed by atoms with van der Waals surface area (Å²) in [7, 11) is 0. The smallest absolute Gasteiger partial charge is 0.323 e. The molecule has 0 amide bonds. The average Bonchev–Trinajstić information content (AvgIpc) is 2.40. The highest BCUT2D eigenvalue weighted by atomic mass is 16.5. The molecule has 0 spiro atoms. The maximum atomic E-state index is 12.0. The molecule has 1 atom stereocenters. The Morgan fingerprint density at radius 3 is 2.40 bits per heavy atom. The van der Waals surface area contributed by atoms with Crippen molar-refractivity contribution in [1.29, 1.82) is 0 Å². The Bertz CT molecular complexity index is 362. The second-order valence-electron chi connectivity index (χ2n) is 5.37. The molecule has 0 bridgehead atoms. The van der Waals surface area contributed by atoms with Crippen LogP contribution in [0.15, 0.2) is 0 Å². The van der Waals surface area contributed by atoms with Crippen molar-refractivity contribution in [3.05, 3.63) is 0 Å². The Balaban J connectivity index is 4.55. The molecular weight excluding hydrogens is 252 g/mol. The minimum absolute atomic E-state index is 0.0743. The fourth-order valence-electron chi connectivity index (χ4n) is 1.83. The summed E-state index contributed by atoms with van der Waals surface area (Å²) < 4.78 is 5.08. The van der Waals surface area contributed by atoms with E-state index < -0.39 is 5.41 Å². The summed E-state index contributed by atoms with van der Waals surface area (Å²) >= 11 is 0. The number of unbranched alkanes of at least 4 members (excludes halogenated alkanes) is 4.